The van der Waals surface area contributed by atoms with Crippen molar-refractivity contribution >= 4 is 60.9 Å². The molecule has 1 N–H and O–H groups in total. The lowest BCUT2D eigenvalue weighted by Crippen LogP contribution is -2.51. The van der Waals surface area contributed by atoms with Gasteiger partial charge in [-0.2, -0.15) is 4.40 Å². The normalized spacial score (nSPS) is 16.5. The number of nitrogens with one attached hydrogen (secondary N) is 1. The number of hydrogen-bond acceptors (Lipinski definition) is 7. The Morgan fingerprint density at radius 2 is 1.97 bits per heavy atom. The fraction of sp³-hybridized carbons (Fsp3) is 0.263. The van der Waals surface area contributed by atoms with Gasteiger partial charge in [0, 0.05) is 38.8 Å². The Bertz CT molecular complexity index is 1440. The maximum absolute atomic E-state index is 13.5. The van der Waals surface area contributed by atoms with E-state index in [0.29, 0.717) is 43.9 Å². The van der Waals surface area contributed by atoms with Gasteiger partial charge in [0.05, 0.1) is 19.7 Å². The van der Waals surface area contributed by atoms with E-state index >= 15 is 0 Å². The highest BCUT2D eigenvalue weighted by molar-refractivity contribution is 7.24. The van der Waals surface area contributed by atoms with E-state index in [1.165, 1.54) is 32.6 Å². The zero-order valence-corrected chi connectivity index (χ0v) is 18.3. The molecule has 0 atom stereocenters. The number of rotatable bonds is 3. The molecule has 5 rings (SSSR count). The SMILES string of the molecule is O=c1/c(=C(\[O-])CN2CCNCC2)[n+]2cc([N+](=O)[O-])cc3sc4c(Cl)ccc(Cl)c4n1-c32. The number of hydrogen-bond donors (Lipinski definition) is 1. The molecule has 4 heterocycles. The third kappa shape index (κ3) is 3.22. The van der Waals surface area contributed by atoms with Crippen molar-refractivity contribution in [3.63, 3.8) is 0 Å². The van der Waals surface area contributed by atoms with E-state index in [2.05, 4.69) is 5.32 Å². The number of imidazole rings is 1. The highest BCUT2D eigenvalue weighted by Gasteiger charge is 2.33. The predicted octanol–water partition coefficient (Wildman–Crippen LogP) is 0.536. The summed E-state index contributed by atoms with van der Waals surface area (Å²) in [5.41, 5.74) is -0.424. The van der Waals surface area contributed by atoms with E-state index in [9.17, 15) is 20.0 Å². The topological polar surface area (TPSA) is 108 Å². The third-order valence-electron chi connectivity index (χ3n) is 5.37. The Balaban J connectivity index is 1.93. The first kappa shape index (κ1) is 20.4. The maximum atomic E-state index is 13.5. The van der Waals surface area contributed by atoms with Crippen LogP contribution in [0.25, 0.3) is 26.5 Å². The molecule has 12 heteroatoms. The summed E-state index contributed by atoms with van der Waals surface area (Å²) in [4.78, 5) is 26.4. The van der Waals surface area contributed by atoms with Gasteiger partial charge in [0.2, 0.25) is 5.35 Å². The number of piperazine rings is 1. The van der Waals surface area contributed by atoms with E-state index < -0.39 is 16.2 Å². The van der Waals surface area contributed by atoms with Gasteiger partial charge >= 0.3 is 17.1 Å². The Hall–Kier alpha value is -2.50. The van der Waals surface area contributed by atoms with E-state index in [1.54, 1.807) is 12.1 Å². The van der Waals surface area contributed by atoms with Crippen LogP contribution >= 0.6 is 34.5 Å². The highest BCUT2D eigenvalue weighted by Crippen LogP contribution is 2.37. The van der Waals surface area contributed by atoms with Gasteiger partial charge in [0.15, 0.2) is 11.7 Å². The number of aromatic nitrogens is 2. The van der Waals surface area contributed by atoms with E-state index in [0.717, 1.165) is 13.1 Å². The quantitative estimate of drug-likeness (QED) is 0.199. The van der Waals surface area contributed by atoms with Crippen LogP contribution in [0.4, 0.5) is 5.69 Å². The predicted molar refractivity (Wildman–Crippen MR) is 116 cm³/mol. The van der Waals surface area contributed by atoms with Crippen LogP contribution < -0.4 is 25.7 Å². The monoisotopic (exact) mass is 479 g/mol. The van der Waals surface area contributed by atoms with E-state index in [1.807, 2.05) is 4.90 Å². The van der Waals surface area contributed by atoms with Gasteiger partial charge in [-0.05, 0) is 12.1 Å². The van der Waals surface area contributed by atoms with Crippen molar-refractivity contribution in [3.05, 3.63) is 60.3 Å². The van der Waals surface area contributed by atoms with Gasteiger partial charge < -0.3 is 10.4 Å². The molecule has 1 fully saturated rings. The summed E-state index contributed by atoms with van der Waals surface area (Å²) in [5, 5.41) is 28.5. The first-order valence-electron chi connectivity index (χ1n) is 9.45. The second kappa shape index (κ2) is 7.57. The van der Waals surface area contributed by atoms with Crippen LogP contribution in [0.1, 0.15) is 0 Å². The van der Waals surface area contributed by atoms with Crippen molar-refractivity contribution in [1.29, 1.82) is 0 Å². The van der Waals surface area contributed by atoms with Crippen molar-refractivity contribution in [1.82, 2.24) is 14.8 Å². The number of nitro groups is 1. The summed E-state index contributed by atoms with van der Waals surface area (Å²) in [6, 6.07) is 4.56. The summed E-state index contributed by atoms with van der Waals surface area (Å²) in [6.07, 6.45) is 1.21. The smallest absolute Gasteiger partial charge is 0.385 e. The van der Waals surface area contributed by atoms with Gasteiger partial charge in [0.25, 0.3) is 0 Å². The molecule has 2 aromatic rings. The van der Waals surface area contributed by atoms with Crippen LogP contribution in [0.3, 0.4) is 0 Å². The van der Waals surface area contributed by atoms with Crippen molar-refractivity contribution in [3.8, 4) is 5.82 Å². The molecule has 3 aliphatic rings. The molecule has 3 aliphatic heterocycles. The van der Waals surface area contributed by atoms with Gasteiger partial charge in [-0.15, -0.1) is 15.9 Å². The zero-order chi connectivity index (χ0) is 21.9. The molecule has 160 valence electrons. The van der Waals surface area contributed by atoms with Crippen LogP contribution in [0.5, 0.6) is 0 Å². The van der Waals surface area contributed by atoms with Crippen LogP contribution in [0.2, 0.25) is 10.0 Å². The standard InChI is InChI=1S/C19H15Cl2N5O4S/c20-11-1-2-12(21)17-15(11)25-18-14(31-17)7-10(26(29)30)8-24(18)16(19(25)28)13(27)9-23-5-3-22-4-6-23/h1-2,7-8,22H,3-6,9H2. The highest BCUT2D eigenvalue weighted by atomic mass is 35.5. The second-order valence-electron chi connectivity index (χ2n) is 7.26. The Kier molecular flexibility index (Phi) is 4.98. The molecular weight excluding hydrogens is 465 g/mol. The summed E-state index contributed by atoms with van der Waals surface area (Å²) in [5.74, 6) is -0.0420. The van der Waals surface area contributed by atoms with Crippen LogP contribution in [-0.4, -0.2) is 47.1 Å². The van der Waals surface area contributed by atoms with E-state index in [4.69, 9.17) is 23.2 Å². The van der Waals surface area contributed by atoms with Crippen LogP contribution in [0.15, 0.2) is 29.2 Å². The molecule has 0 amide bonds. The first-order valence-corrected chi connectivity index (χ1v) is 11.0. The molecule has 0 unspecified atom stereocenters. The number of nitrogens with zero attached hydrogens (tertiary/aromatic N) is 4. The van der Waals surface area contributed by atoms with Crippen molar-refractivity contribution in [2.24, 2.45) is 0 Å². The van der Waals surface area contributed by atoms with Gasteiger partial charge in [-0.3, -0.25) is 15.0 Å². The maximum Gasteiger partial charge on any atom is 0.385 e. The number of pyridine rings is 1. The summed E-state index contributed by atoms with van der Waals surface area (Å²) in [7, 11) is 0. The molecule has 9 nitrogen and oxygen atoms in total. The number of fused-ring (bicyclic) bond motifs is 2. The molecule has 1 aromatic heterocycles. The van der Waals surface area contributed by atoms with E-state index in [-0.39, 0.29) is 17.6 Å². The molecule has 1 aromatic carbocycles. The molecule has 0 aliphatic carbocycles. The molecule has 0 radical (unpaired) electrons. The Morgan fingerprint density at radius 1 is 1.26 bits per heavy atom. The van der Waals surface area contributed by atoms with Crippen LogP contribution in [0, 0.1) is 10.1 Å². The molecular formula is C19H15Cl2N5O4S. The lowest BCUT2D eigenvalue weighted by Gasteiger charge is -2.29. The number of benzene rings is 1. The van der Waals surface area contributed by atoms with Crippen molar-refractivity contribution < 1.29 is 14.4 Å². The summed E-state index contributed by atoms with van der Waals surface area (Å²) < 4.78 is 3.62. The third-order valence-corrected chi connectivity index (χ3v) is 7.24. The zero-order valence-electron chi connectivity index (χ0n) is 15.9. The Labute approximate surface area is 188 Å². The average Bonchev–Trinajstić information content (AvgIpc) is 3.04. The lowest BCUT2D eigenvalue weighted by atomic mass is 10.3. The van der Waals surface area contributed by atoms with Crippen molar-refractivity contribution in [2.45, 2.75) is 0 Å². The molecule has 1 saturated heterocycles. The molecule has 0 spiro atoms. The molecule has 0 saturated carbocycles. The fourth-order valence-electron chi connectivity index (χ4n) is 3.96. The summed E-state index contributed by atoms with van der Waals surface area (Å²) in [6.45, 7) is 2.90. The minimum atomic E-state index is -0.576. The van der Waals surface area contributed by atoms with Crippen molar-refractivity contribution in [2.75, 3.05) is 32.7 Å². The minimum Gasteiger partial charge on any atom is -0.872 e. The van der Waals surface area contributed by atoms with Crippen LogP contribution in [-0.2, 0) is 0 Å². The number of halogens is 2. The average molecular weight is 480 g/mol. The lowest BCUT2D eigenvalue weighted by molar-refractivity contribution is -0.552. The Morgan fingerprint density at radius 3 is 2.68 bits per heavy atom. The largest absolute Gasteiger partial charge is 0.872 e. The fourth-order valence-corrected chi connectivity index (χ4v) is 5.67. The molecule has 31 heavy (non-hydrogen) atoms. The first-order chi connectivity index (χ1) is 14.9. The second-order valence-corrected chi connectivity index (χ2v) is 9.13. The van der Waals surface area contributed by atoms with Gasteiger partial charge in [-0.25, -0.2) is 4.79 Å². The summed E-state index contributed by atoms with van der Waals surface area (Å²) >= 11 is 14.0. The minimum absolute atomic E-state index is 0.0460. The van der Waals surface area contributed by atoms with Gasteiger partial charge in [0.1, 0.15) is 4.70 Å². The van der Waals surface area contributed by atoms with Gasteiger partial charge in [-0.1, -0.05) is 29.0 Å². The molecule has 0 bridgehead atoms.